The third-order valence-corrected chi connectivity index (χ3v) is 4.95. The van der Waals surface area contributed by atoms with Crippen LogP contribution in [0.15, 0.2) is 36.5 Å². The van der Waals surface area contributed by atoms with Gasteiger partial charge in [-0.2, -0.15) is 9.97 Å². The zero-order valence-corrected chi connectivity index (χ0v) is 19.3. The lowest BCUT2D eigenvalue weighted by molar-refractivity contribution is 0.197. The van der Waals surface area contributed by atoms with Crippen LogP contribution in [0, 0.1) is 0 Å². The predicted octanol–water partition coefficient (Wildman–Crippen LogP) is 2.99. The molecule has 4 N–H and O–H groups in total. The molecule has 0 amide bonds. The number of anilines is 3. The Balaban J connectivity index is 1.72. The normalized spacial score (nSPS) is 11.7. The van der Waals surface area contributed by atoms with Gasteiger partial charge in [0.1, 0.15) is 23.8 Å². The maximum absolute atomic E-state index is 9.62. The van der Waals surface area contributed by atoms with Crippen LogP contribution < -0.4 is 20.7 Å². The smallest absolute Gasteiger partial charge is 0.227 e. The number of nitrogens with zero attached hydrogens (tertiary/aromatic N) is 3. The lowest BCUT2D eigenvalue weighted by Crippen LogP contribution is -2.35. The highest BCUT2D eigenvalue weighted by Crippen LogP contribution is 2.28. The van der Waals surface area contributed by atoms with Gasteiger partial charge in [0.2, 0.25) is 5.95 Å². The fourth-order valence-electron chi connectivity index (χ4n) is 3.13. The third kappa shape index (κ3) is 6.32. The van der Waals surface area contributed by atoms with Crippen LogP contribution >= 0.6 is 0 Å². The second kappa shape index (κ2) is 11.1. The molecule has 0 aliphatic heterocycles. The number of hydrogen-bond acceptors (Lipinski definition) is 8. The third-order valence-electron chi connectivity index (χ3n) is 4.95. The van der Waals surface area contributed by atoms with Crippen LogP contribution in [-0.2, 0) is 11.3 Å². The molecule has 1 aromatic carbocycles. The summed E-state index contributed by atoms with van der Waals surface area (Å²) in [6.07, 6.45) is 2.00. The van der Waals surface area contributed by atoms with Crippen molar-refractivity contribution in [1.82, 2.24) is 19.9 Å². The Morgan fingerprint density at radius 1 is 1.06 bits per heavy atom. The molecule has 2 heterocycles. The van der Waals surface area contributed by atoms with Gasteiger partial charge in [-0.25, -0.2) is 0 Å². The summed E-state index contributed by atoms with van der Waals surface area (Å²) in [6, 6.07) is 9.80. The molecule has 0 radical (unpaired) electrons. The van der Waals surface area contributed by atoms with Crippen LogP contribution in [0.3, 0.4) is 0 Å². The van der Waals surface area contributed by atoms with E-state index >= 15 is 0 Å². The van der Waals surface area contributed by atoms with Gasteiger partial charge in [-0.3, -0.25) is 0 Å². The predicted molar refractivity (Wildman–Crippen MR) is 128 cm³/mol. The highest BCUT2D eigenvalue weighted by Gasteiger charge is 2.19. The summed E-state index contributed by atoms with van der Waals surface area (Å²) in [7, 11) is 1.69. The van der Waals surface area contributed by atoms with E-state index in [2.05, 4.69) is 37.4 Å². The van der Waals surface area contributed by atoms with Crippen molar-refractivity contribution in [3.8, 4) is 5.75 Å². The van der Waals surface area contributed by atoms with Gasteiger partial charge in [0.15, 0.2) is 0 Å². The van der Waals surface area contributed by atoms with Crippen LogP contribution in [0.25, 0.3) is 11.0 Å². The minimum absolute atomic E-state index is 0.0324. The summed E-state index contributed by atoms with van der Waals surface area (Å²) >= 11 is 0. The van der Waals surface area contributed by atoms with Gasteiger partial charge in [-0.05, 0) is 51.1 Å². The number of aryl methyl sites for hydroxylation is 1. The van der Waals surface area contributed by atoms with E-state index in [4.69, 9.17) is 9.47 Å². The Morgan fingerprint density at radius 3 is 2.50 bits per heavy atom. The van der Waals surface area contributed by atoms with Crippen molar-refractivity contribution in [2.75, 3.05) is 50.7 Å². The Labute approximate surface area is 189 Å². The van der Waals surface area contributed by atoms with E-state index in [9.17, 15) is 5.11 Å². The van der Waals surface area contributed by atoms with Gasteiger partial charge >= 0.3 is 0 Å². The molecule has 0 saturated carbocycles. The number of hydrogen-bond donors (Lipinski definition) is 4. The van der Waals surface area contributed by atoms with Crippen LogP contribution in [-0.4, -0.2) is 65.2 Å². The van der Waals surface area contributed by atoms with Crippen molar-refractivity contribution in [3.63, 3.8) is 0 Å². The molecular weight excluding hydrogens is 408 g/mol. The number of benzene rings is 1. The molecule has 3 aromatic rings. The summed E-state index contributed by atoms with van der Waals surface area (Å²) in [4.78, 5) is 9.35. The summed E-state index contributed by atoms with van der Waals surface area (Å²) in [5.41, 5.74) is 1.20. The van der Waals surface area contributed by atoms with E-state index in [0.717, 1.165) is 42.1 Å². The van der Waals surface area contributed by atoms with Gasteiger partial charge in [-0.15, -0.1) is 0 Å². The quantitative estimate of drug-likeness (QED) is 0.300. The van der Waals surface area contributed by atoms with Gasteiger partial charge in [-0.1, -0.05) is 0 Å². The van der Waals surface area contributed by atoms with Crippen LogP contribution in [0.5, 0.6) is 5.75 Å². The van der Waals surface area contributed by atoms with E-state index < -0.39 is 5.54 Å². The Kier molecular flexibility index (Phi) is 8.26. The van der Waals surface area contributed by atoms with E-state index in [-0.39, 0.29) is 6.61 Å². The molecule has 174 valence electrons. The molecule has 2 aromatic heterocycles. The molecule has 0 atom stereocenters. The molecule has 0 spiro atoms. The van der Waals surface area contributed by atoms with Crippen LogP contribution in [0.4, 0.5) is 17.5 Å². The molecule has 3 rings (SSSR count). The summed E-state index contributed by atoms with van der Waals surface area (Å²) in [6.45, 7) is 9.49. The summed E-state index contributed by atoms with van der Waals surface area (Å²) < 4.78 is 12.8. The molecule has 0 bridgehead atoms. The van der Waals surface area contributed by atoms with Crippen molar-refractivity contribution in [2.24, 2.45) is 0 Å². The Bertz CT molecular complexity index is 987. The second-order valence-corrected chi connectivity index (χ2v) is 8.14. The van der Waals surface area contributed by atoms with E-state index in [1.807, 2.05) is 50.4 Å². The fraction of sp³-hybridized carbons (Fsp3) is 0.478. The van der Waals surface area contributed by atoms with Crippen molar-refractivity contribution in [1.29, 1.82) is 0 Å². The second-order valence-electron chi connectivity index (χ2n) is 8.14. The molecule has 0 saturated heterocycles. The van der Waals surface area contributed by atoms with Gasteiger partial charge in [0.05, 0.1) is 24.1 Å². The minimum Gasteiger partial charge on any atom is -0.492 e. The highest BCUT2D eigenvalue weighted by molar-refractivity contribution is 5.90. The van der Waals surface area contributed by atoms with Gasteiger partial charge in [0.25, 0.3) is 0 Å². The molecule has 32 heavy (non-hydrogen) atoms. The Hall–Kier alpha value is -2.88. The number of rotatable bonds is 13. The molecule has 9 nitrogen and oxygen atoms in total. The molecule has 0 aliphatic carbocycles. The fourth-order valence-corrected chi connectivity index (χ4v) is 3.13. The van der Waals surface area contributed by atoms with E-state index in [1.54, 1.807) is 7.11 Å². The summed E-state index contributed by atoms with van der Waals surface area (Å²) in [5, 5.41) is 20.4. The van der Waals surface area contributed by atoms with Crippen LogP contribution in [0.2, 0.25) is 0 Å². The number of aliphatic hydroxyl groups excluding tert-OH is 1. The number of aromatic nitrogens is 3. The Morgan fingerprint density at radius 2 is 1.81 bits per heavy atom. The summed E-state index contributed by atoms with van der Waals surface area (Å²) in [5.74, 6) is 1.98. The first-order chi connectivity index (χ1) is 15.5. The molecule has 0 fully saturated rings. The maximum Gasteiger partial charge on any atom is 0.227 e. The molecular formula is C23H34N6O3. The first-order valence-corrected chi connectivity index (χ1v) is 10.9. The van der Waals surface area contributed by atoms with Crippen molar-refractivity contribution >= 4 is 28.5 Å². The van der Waals surface area contributed by atoms with Crippen molar-refractivity contribution < 1.29 is 14.6 Å². The van der Waals surface area contributed by atoms with Crippen molar-refractivity contribution in [2.45, 2.75) is 32.9 Å². The number of fused-ring (bicyclic) bond motifs is 1. The lowest BCUT2D eigenvalue weighted by atomic mass is 10.1. The zero-order chi connectivity index (χ0) is 23.0. The van der Waals surface area contributed by atoms with Crippen molar-refractivity contribution in [3.05, 3.63) is 36.5 Å². The van der Waals surface area contributed by atoms with Gasteiger partial charge < -0.3 is 35.1 Å². The number of nitrogens with one attached hydrogen (secondary N) is 3. The van der Waals surface area contributed by atoms with E-state index in [1.165, 1.54) is 0 Å². The molecule has 0 aliphatic rings. The zero-order valence-electron chi connectivity index (χ0n) is 19.3. The average molecular weight is 443 g/mol. The molecule has 9 heteroatoms. The number of ether oxygens (including phenoxy) is 2. The largest absolute Gasteiger partial charge is 0.492 e. The minimum atomic E-state index is -0.536. The van der Waals surface area contributed by atoms with Crippen LogP contribution in [0.1, 0.15) is 20.8 Å². The standard InChI is InChI=1S/C23H34N6O3/c1-5-29-13-10-19-20(26-22(27-21(19)29)28-23(2,3)16-30)25-17-6-8-18(9-7-17)32-15-12-24-11-14-31-4/h6-10,13,24,30H,5,11-12,14-16H2,1-4H3,(H2,25,26,27,28). The van der Waals surface area contributed by atoms with Gasteiger partial charge in [0, 0.05) is 38.6 Å². The maximum atomic E-state index is 9.62. The average Bonchev–Trinajstić information content (AvgIpc) is 3.20. The highest BCUT2D eigenvalue weighted by atomic mass is 16.5. The number of methoxy groups -OCH3 is 1. The monoisotopic (exact) mass is 442 g/mol. The lowest BCUT2D eigenvalue weighted by Gasteiger charge is -2.24. The first kappa shape index (κ1) is 23.8. The molecule has 0 unspecified atom stereocenters. The number of aliphatic hydroxyl groups is 1. The SMILES string of the molecule is CCn1ccc2c(Nc3ccc(OCCNCCOC)cc3)nc(NC(C)(C)CO)nc21. The topological polar surface area (TPSA) is 105 Å². The van der Waals surface area contributed by atoms with E-state index in [0.29, 0.717) is 25.0 Å². The first-order valence-electron chi connectivity index (χ1n) is 10.9.